The van der Waals surface area contributed by atoms with Crippen LogP contribution in [0.3, 0.4) is 0 Å². The number of carbonyl (C=O) groups is 4. The summed E-state index contributed by atoms with van der Waals surface area (Å²) in [5.74, 6) is -1.31. The van der Waals surface area contributed by atoms with Crippen LogP contribution in [0.15, 0.2) is 78.9 Å². The maximum absolute atomic E-state index is 13.3. The molecule has 1 fully saturated rings. The number of anilines is 1. The summed E-state index contributed by atoms with van der Waals surface area (Å²) in [6, 6.07) is 23.3. The SMILES string of the molecule is C[C@@H](NC(=O)c1ccccc1NC(=O)CN1C(=O)N[C@]2(CCc3ccccc3C2)C1=O)c1ccccc1. The highest BCUT2D eigenvalue weighted by Crippen LogP contribution is 2.33. The fraction of sp³-hybridized carbons (Fsp3) is 0.241. The number of urea groups is 1. The molecule has 0 unspecified atom stereocenters. The second kappa shape index (κ2) is 9.89. The molecule has 5 rings (SSSR count). The third kappa shape index (κ3) is 4.82. The van der Waals surface area contributed by atoms with Crippen LogP contribution >= 0.6 is 0 Å². The Balaban J connectivity index is 1.26. The summed E-state index contributed by atoms with van der Waals surface area (Å²) in [6.45, 7) is 1.44. The normalized spacial score (nSPS) is 19.2. The van der Waals surface area contributed by atoms with Gasteiger partial charge in [-0.3, -0.25) is 19.3 Å². The van der Waals surface area contributed by atoms with Gasteiger partial charge in [0.1, 0.15) is 12.1 Å². The number of hydrogen-bond acceptors (Lipinski definition) is 4. The van der Waals surface area contributed by atoms with Crippen LogP contribution in [0.1, 0.15) is 46.4 Å². The number of nitrogens with zero attached hydrogens (tertiary/aromatic N) is 1. The van der Waals surface area contributed by atoms with Crippen LogP contribution in [-0.4, -0.2) is 40.7 Å². The Kier molecular flexibility index (Phi) is 6.48. The predicted octanol–water partition coefficient (Wildman–Crippen LogP) is 3.60. The van der Waals surface area contributed by atoms with Gasteiger partial charge in [-0.25, -0.2) is 4.79 Å². The Morgan fingerprint density at radius 3 is 2.41 bits per heavy atom. The molecule has 8 nitrogen and oxygen atoms in total. The molecule has 8 heteroatoms. The van der Waals surface area contributed by atoms with Crippen molar-refractivity contribution >= 4 is 29.4 Å². The molecule has 1 saturated heterocycles. The van der Waals surface area contributed by atoms with Crippen LogP contribution in [0.4, 0.5) is 10.5 Å². The monoisotopic (exact) mass is 496 g/mol. The Hall–Kier alpha value is -4.46. The van der Waals surface area contributed by atoms with Crippen molar-refractivity contribution in [2.45, 2.75) is 37.8 Å². The summed E-state index contributed by atoms with van der Waals surface area (Å²) < 4.78 is 0. The quantitative estimate of drug-likeness (QED) is 0.453. The van der Waals surface area contributed by atoms with Gasteiger partial charge in [0.25, 0.3) is 11.8 Å². The van der Waals surface area contributed by atoms with Gasteiger partial charge < -0.3 is 16.0 Å². The average Bonchev–Trinajstić information content (AvgIpc) is 3.12. The Morgan fingerprint density at radius 2 is 1.62 bits per heavy atom. The molecule has 1 aliphatic carbocycles. The van der Waals surface area contributed by atoms with Crippen molar-refractivity contribution in [2.75, 3.05) is 11.9 Å². The number of amides is 5. The zero-order chi connectivity index (χ0) is 26.0. The molecule has 2 aliphatic rings. The maximum atomic E-state index is 13.3. The Morgan fingerprint density at radius 1 is 0.946 bits per heavy atom. The molecule has 3 aromatic rings. The summed E-state index contributed by atoms with van der Waals surface area (Å²) in [7, 11) is 0. The van der Waals surface area contributed by atoms with Gasteiger partial charge in [-0.2, -0.15) is 0 Å². The van der Waals surface area contributed by atoms with Crippen molar-refractivity contribution in [3.05, 3.63) is 101 Å². The molecule has 3 aromatic carbocycles. The van der Waals surface area contributed by atoms with Gasteiger partial charge in [0.05, 0.1) is 17.3 Å². The van der Waals surface area contributed by atoms with Crippen LogP contribution in [0.25, 0.3) is 0 Å². The lowest BCUT2D eigenvalue weighted by atomic mass is 9.78. The molecule has 188 valence electrons. The molecule has 37 heavy (non-hydrogen) atoms. The van der Waals surface area contributed by atoms with E-state index in [4.69, 9.17) is 0 Å². The molecule has 1 spiro atoms. The zero-order valence-electron chi connectivity index (χ0n) is 20.5. The molecule has 0 radical (unpaired) electrons. The first-order valence-corrected chi connectivity index (χ1v) is 12.3. The van der Waals surface area contributed by atoms with E-state index in [0.29, 0.717) is 24.9 Å². The van der Waals surface area contributed by atoms with E-state index in [1.807, 2.05) is 61.5 Å². The molecule has 3 N–H and O–H groups in total. The summed E-state index contributed by atoms with van der Waals surface area (Å²) >= 11 is 0. The van der Waals surface area contributed by atoms with Crippen LogP contribution in [0.5, 0.6) is 0 Å². The van der Waals surface area contributed by atoms with Crippen molar-refractivity contribution in [1.29, 1.82) is 0 Å². The number of benzene rings is 3. The van der Waals surface area contributed by atoms with Crippen molar-refractivity contribution < 1.29 is 19.2 Å². The summed E-state index contributed by atoms with van der Waals surface area (Å²) in [6.07, 6.45) is 1.55. The standard InChI is InChI=1S/C29H28N4O4/c1-19(20-9-3-2-4-10-20)30-26(35)23-13-7-8-14-24(23)31-25(34)18-33-27(36)29(32-28(33)37)16-15-21-11-5-6-12-22(21)17-29/h2-14,19H,15-18H2,1H3,(H,30,35)(H,31,34)(H,32,37)/t19-,29+/m1/s1. The lowest BCUT2D eigenvalue weighted by molar-refractivity contribution is -0.134. The summed E-state index contributed by atoms with van der Waals surface area (Å²) in [5.41, 5.74) is 2.71. The molecular weight excluding hydrogens is 468 g/mol. The van der Waals surface area contributed by atoms with E-state index in [0.717, 1.165) is 16.0 Å². The molecule has 0 aromatic heterocycles. The number of hydrogen-bond donors (Lipinski definition) is 3. The minimum absolute atomic E-state index is 0.236. The van der Waals surface area contributed by atoms with Crippen LogP contribution in [0.2, 0.25) is 0 Å². The van der Waals surface area contributed by atoms with Crippen molar-refractivity contribution in [1.82, 2.24) is 15.5 Å². The number of carbonyl (C=O) groups excluding carboxylic acids is 4. The largest absolute Gasteiger partial charge is 0.345 e. The van der Waals surface area contributed by atoms with Gasteiger partial charge in [-0.15, -0.1) is 0 Å². The topological polar surface area (TPSA) is 108 Å². The number of fused-ring (bicyclic) bond motifs is 1. The molecule has 5 amide bonds. The fourth-order valence-corrected chi connectivity index (χ4v) is 5.07. The second-order valence-corrected chi connectivity index (χ2v) is 9.55. The van der Waals surface area contributed by atoms with E-state index >= 15 is 0 Å². The van der Waals surface area contributed by atoms with E-state index in [1.165, 1.54) is 5.56 Å². The minimum Gasteiger partial charge on any atom is -0.345 e. The first-order valence-electron chi connectivity index (χ1n) is 12.3. The Bertz CT molecular complexity index is 1370. The maximum Gasteiger partial charge on any atom is 0.325 e. The number of rotatable bonds is 6. The van der Waals surface area contributed by atoms with Gasteiger partial charge in [-0.1, -0.05) is 66.7 Å². The lowest BCUT2D eigenvalue weighted by Gasteiger charge is -2.32. The van der Waals surface area contributed by atoms with Crippen molar-refractivity contribution in [3.8, 4) is 0 Å². The predicted molar refractivity (Wildman–Crippen MR) is 139 cm³/mol. The first-order chi connectivity index (χ1) is 17.9. The molecular formula is C29H28N4O4. The molecule has 0 saturated carbocycles. The van der Waals surface area contributed by atoms with Gasteiger partial charge in [0, 0.05) is 6.42 Å². The van der Waals surface area contributed by atoms with E-state index < -0.39 is 29.9 Å². The summed E-state index contributed by atoms with van der Waals surface area (Å²) in [4.78, 5) is 52.9. The first kappa shape index (κ1) is 24.2. The number of para-hydroxylation sites is 1. The van der Waals surface area contributed by atoms with Crippen LogP contribution in [-0.2, 0) is 22.4 Å². The molecule has 1 heterocycles. The van der Waals surface area contributed by atoms with E-state index in [2.05, 4.69) is 16.0 Å². The van der Waals surface area contributed by atoms with Crippen molar-refractivity contribution in [2.24, 2.45) is 0 Å². The van der Waals surface area contributed by atoms with Crippen LogP contribution < -0.4 is 16.0 Å². The van der Waals surface area contributed by atoms with Crippen molar-refractivity contribution in [3.63, 3.8) is 0 Å². The van der Waals surface area contributed by atoms with E-state index in [1.54, 1.807) is 24.3 Å². The van der Waals surface area contributed by atoms with Gasteiger partial charge >= 0.3 is 6.03 Å². The van der Waals surface area contributed by atoms with Gasteiger partial charge in [-0.05, 0) is 48.6 Å². The van der Waals surface area contributed by atoms with Gasteiger partial charge in [0.2, 0.25) is 5.91 Å². The second-order valence-electron chi connectivity index (χ2n) is 9.55. The Labute approximate surface area is 215 Å². The number of aryl methyl sites for hydroxylation is 1. The third-order valence-electron chi connectivity index (χ3n) is 7.07. The average molecular weight is 497 g/mol. The number of imide groups is 1. The zero-order valence-corrected chi connectivity index (χ0v) is 20.5. The van der Waals surface area contributed by atoms with Gasteiger partial charge in [0.15, 0.2) is 0 Å². The summed E-state index contributed by atoms with van der Waals surface area (Å²) in [5, 5.41) is 8.49. The minimum atomic E-state index is -1.03. The smallest absolute Gasteiger partial charge is 0.325 e. The van der Waals surface area contributed by atoms with Crippen LogP contribution in [0, 0.1) is 0 Å². The number of nitrogens with one attached hydrogen (secondary N) is 3. The highest BCUT2D eigenvalue weighted by Gasteiger charge is 2.52. The molecule has 1 aliphatic heterocycles. The third-order valence-corrected chi connectivity index (χ3v) is 7.07. The molecule has 0 bridgehead atoms. The molecule has 2 atom stereocenters. The highest BCUT2D eigenvalue weighted by atomic mass is 16.2. The highest BCUT2D eigenvalue weighted by molar-refractivity contribution is 6.11. The van der Waals surface area contributed by atoms with E-state index in [9.17, 15) is 19.2 Å². The lowest BCUT2D eigenvalue weighted by Crippen LogP contribution is -2.51. The fourth-order valence-electron chi connectivity index (χ4n) is 5.07. The van der Waals surface area contributed by atoms with E-state index in [-0.39, 0.29) is 17.5 Å².